The van der Waals surface area contributed by atoms with Crippen LogP contribution in [0.2, 0.25) is 5.02 Å². The van der Waals surface area contributed by atoms with Gasteiger partial charge in [-0.05, 0) is 23.8 Å². The Morgan fingerprint density at radius 2 is 2.04 bits per heavy atom. The number of rotatable bonds is 6. The molecular formula is C21H21ClFNO3. The summed E-state index contributed by atoms with van der Waals surface area (Å²) in [6, 6.07) is 9.91. The van der Waals surface area contributed by atoms with Gasteiger partial charge in [-0.3, -0.25) is 4.79 Å². The number of amides is 1. The molecule has 0 spiro atoms. The predicted octanol–water partition coefficient (Wildman–Crippen LogP) is 4.40. The minimum absolute atomic E-state index is 0.124. The highest BCUT2D eigenvalue weighted by molar-refractivity contribution is 6.32. The molecule has 0 saturated carbocycles. The number of ether oxygens (including phenoxy) is 2. The van der Waals surface area contributed by atoms with Crippen LogP contribution in [0.5, 0.6) is 11.5 Å². The summed E-state index contributed by atoms with van der Waals surface area (Å²) in [7, 11) is 0. The van der Waals surface area contributed by atoms with Gasteiger partial charge in [0.25, 0.3) is 0 Å². The van der Waals surface area contributed by atoms with Crippen molar-refractivity contribution in [2.45, 2.75) is 19.4 Å². The number of fused-ring (bicyclic) bond motifs is 1. The molecule has 1 amide bonds. The first-order valence-corrected chi connectivity index (χ1v) is 9.16. The van der Waals surface area contributed by atoms with Gasteiger partial charge in [0, 0.05) is 25.1 Å². The molecule has 0 aromatic heterocycles. The number of carbonyl (C=O) groups excluding carboxylic acids is 1. The molecule has 0 saturated heterocycles. The standard InChI is InChI=1S/C21H21ClFNO3/c1-2-8-24(14-16-6-3-4-7-18(16)23)20(25)13-15-11-17(22)21-19(12-15)26-9-5-10-27-21/h2-4,6-7,11-12H,1,5,8-10,13-14H2. The Morgan fingerprint density at radius 3 is 2.81 bits per heavy atom. The second kappa shape index (κ2) is 8.91. The molecule has 4 nitrogen and oxygen atoms in total. The zero-order chi connectivity index (χ0) is 19.2. The highest BCUT2D eigenvalue weighted by Gasteiger charge is 2.19. The van der Waals surface area contributed by atoms with Crippen LogP contribution in [0.4, 0.5) is 4.39 Å². The van der Waals surface area contributed by atoms with Crippen LogP contribution < -0.4 is 9.47 Å². The number of benzene rings is 2. The number of hydrogen-bond donors (Lipinski definition) is 0. The second-order valence-corrected chi connectivity index (χ2v) is 6.69. The summed E-state index contributed by atoms with van der Waals surface area (Å²) < 4.78 is 25.2. The number of hydrogen-bond acceptors (Lipinski definition) is 3. The van der Waals surface area contributed by atoms with Gasteiger partial charge in [0.15, 0.2) is 11.5 Å². The molecule has 0 fully saturated rings. The van der Waals surface area contributed by atoms with Crippen molar-refractivity contribution in [1.29, 1.82) is 0 Å². The Hall–Kier alpha value is -2.53. The van der Waals surface area contributed by atoms with E-state index in [2.05, 4.69) is 6.58 Å². The fourth-order valence-electron chi connectivity index (χ4n) is 2.92. The molecule has 1 aliphatic heterocycles. The van der Waals surface area contributed by atoms with E-state index in [1.54, 1.807) is 41.3 Å². The third kappa shape index (κ3) is 4.80. The van der Waals surface area contributed by atoms with Crippen molar-refractivity contribution < 1.29 is 18.7 Å². The number of carbonyl (C=O) groups is 1. The summed E-state index contributed by atoms with van der Waals surface area (Å²) in [5.41, 5.74) is 1.18. The Labute approximate surface area is 163 Å². The van der Waals surface area contributed by atoms with Gasteiger partial charge in [0.1, 0.15) is 5.82 Å². The zero-order valence-corrected chi connectivity index (χ0v) is 15.7. The summed E-state index contributed by atoms with van der Waals surface area (Å²) >= 11 is 6.30. The van der Waals surface area contributed by atoms with Gasteiger partial charge < -0.3 is 14.4 Å². The van der Waals surface area contributed by atoms with Crippen LogP contribution in [-0.2, 0) is 17.8 Å². The van der Waals surface area contributed by atoms with Crippen LogP contribution >= 0.6 is 11.6 Å². The predicted molar refractivity (Wildman–Crippen MR) is 103 cm³/mol. The smallest absolute Gasteiger partial charge is 0.227 e. The van der Waals surface area contributed by atoms with Crippen molar-refractivity contribution >= 4 is 17.5 Å². The van der Waals surface area contributed by atoms with Gasteiger partial charge in [-0.25, -0.2) is 4.39 Å². The maximum atomic E-state index is 13.9. The molecule has 0 radical (unpaired) electrons. The zero-order valence-electron chi connectivity index (χ0n) is 14.9. The first-order chi connectivity index (χ1) is 13.1. The first-order valence-electron chi connectivity index (χ1n) is 8.78. The minimum atomic E-state index is -0.335. The molecule has 27 heavy (non-hydrogen) atoms. The Kier molecular flexibility index (Phi) is 6.35. The van der Waals surface area contributed by atoms with E-state index in [1.165, 1.54) is 6.07 Å². The van der Waals surface area contributed by atoms with Crippen molar-refractivity contribution in [3.05, 3.63) is 71.0 Å². The van der Waals surface area contributed by atoms with Crippen LogP contribution in [0.15, 0.2) is 49.1 Å². The highest BCUT2D eigenvalue weighted by atomic mass is 35.5. The van der Waals surface area contributed by atoms with Crippen molar-refractivity contribution in [2.75, 3.05) is 19.8 Å². The Balaban J connectivity index is 1.77. The maximum absolute atomic E-state index is 13.9. The first kappa shape index (κ1) is 19.2. The van der Waals surface area contributed by atoms with Crippen LogP contribution in [0, 0.1) is 5.82 Å². The largest absolute Gasteiger partial charge is 0.489 e. The van der Waals surface area contributed by atoms with Crippen molar-refractivity contribution in [3.63, 3.8) is 0 Å². The third-order valence-electron chi connectivity index (χ3n) is 4.24. The van der Waals surface area contributed by atoms with Crippen molar-refractivity contribution in [1.82, 2.24) is 4.90 Å². The Morgan fingerprint density at radius 1 is 1.26 bits per heavy atom. The summed E-state index contributed by atoms with van der Waals surface area (Å²) in [5.74, 6) is 0.577. The topological polar surface area (TPSA) is 38.8 Å². The molecule has 2 aromatic carbocycles. The molecule has 0 atom stereocenters. The molecule has 3 rings (SSSR count). The lowest BCUT2D eigenvalue weighted by Gasteiger charge is -2.22. The number of halogens is 2. The summed E-state index contributed by atoms with van der Waals surface area (Å²) in [6.45, 7) is 5.27. The van der Waals surface area contributed by atoms with Crippen LogP contribution in [0.3, 0.4) is 0 Å². The average molecular weight is 390 g/mol. The molecule has 6 heteroatoms. The molecular weight excluding hydrogens is 369 g/mol. The fourth-order valence-corrected chi connectivity index (χ4v) is 3.20. The monoisotopic (exact) mass is 389 g/mol. The fraction of sp³-hybridized carbons (Fsp3) is 0.286. The van der Waals surface area contributed by atoms with E-state index in [0.29, 0.717) is 41.8 Å². The second-order valence-electron chi connectivity index (χ2n) is 6.29. The summed E-state index contributed by atoms with van der Waals surface area (Å²) in [4.78, 5) is 14.4. The van der Waals surface area contributed by atoms with Crippen LogP contribution in [0.1, 0.15) is 17.5 Å². The molecule has 1 aliphatic rings. The lowest BCUT2D eigenvalue weighted by molar-refractivity contribution is -0.130. The molecule has 0 aliphatic carbocycles. The van der Waals surface area contributed by atoms with Crippen LogP contribution in [-0.4, -0.2) is 30.6 Å². The minimum Gasteiger partial charge on any atom is -0.489 e. The van der Waals surface area contributed by atoms with E-state index in [1.807, 2.05) is 0 Å². The molecule has 0 N–H and O–H groups in total. The van der Waals surface area contributed by atoms with E-state index >= 15 is 0 Å². The molecule has 2 aromatic rings. The molecule has 1 heterocycles. The highest BCUT2D eigenvalue weighted by Crippen LogP contribution is 2.38. The normalized spacial score (nSPS) is 13.0. The number of nitrogens with zero attached hydrogens (tertiary/aromatic N) is 1. The lowest BCUT2D eigenvalue weighted by Crippen LogP contribution is -2.32. The SMILES string of the molecule is C=CCN(Cc1ccccc1F)C(=O)Cc1cc(Cl)c2c(c1)OCCCO2. The van der Waals surface area contributed by atoms with E-state index in [4.69, 9.17) is 21.1 Å². The molecule has 0 bridgehead atoms. The van der Waals surface area contributed by atoms with Crippen molar-refractivity contribution in [2.24, 2.45) is 0 Å². The quantitative estimate of drug-likeness (QED) is 0.687. The molecule has 142 valence electrons. The van der Waals surface area contributed by atoms with Gasteiger partial charge >= 0.3 is 0 Å². The Bertz CT molecular complexity index is 840. The average Bonchev–Trinajstić information content (AvgIpc) is 2.89. The van der Waals surface area contributed by atoms with Gasteiger partial charge in [0.05, 0.1) is 24.7 Å². The van der Waals surface area contributed by atoms with Gasteiger partial charge in [0.2, 0.25) is 5.91 Å². The van der Waals surface area contributed by atoms with E-state index in [-0.39, 0.29) is 24.7 Å². The van der Waals surface area contributed by atoms with Gasteiger partial charge in [-0.2, -0.15) is 0 Å². The maximum Gasteiger partial charge on any atom is 0.227 e. The molecule has 0 unspecified atom stereocenters. The van der Waals surface area contributed by atoms with Gasteiger partial charge in [-0.15, -0.1) is 6.58 Å². The summed E-state index contributed by atoms with van der Waals surface area (Å²) in [6.07, 6.45) is 2.52. The van der Waals surface area contributed by atoms with Crippen molar-refractivity contribution in [3.8, 4) is 11.5 Å². The van der Waals surface area contributed by atoms with E-state index in [9.17, 15) is 9.18 Å². The summed E-state index contributed by atoms with van der Waals surface area (Å²) in [5, 5.41) is 0.418. The van der Waals surface area contributed by atoms with E-state index in [0.717, 1.165) is 12.0 Å². The van der Waals surface area contributed by atoms with E-state index < -0.39 is 0 Å². The third-order valence-corrected chi connectivity index (χ3v) is 4.52. The van der Waals surface area contributed by atoms with Crippen LogP contribution in [0.25, 0.3) is 0 Å². The lowest BCUT2D eigenvalue weighted by atomic mass is 10.1. The van der Waals surface area contributed by atoms with Gasteiger partial charge in [-0.1, -0.05) is 35.9 Å².